The molecule has 0 aliphatic carbocycles. The van der Waals surface area contributed by atoms with E-state index in [2.05, 4.69) is 39.4 Å². The highest BCUT2D eigenvalue weighted by molar-refractivity contribution is 7.99. The molecule has 3 aromatic heterocycles. The number of piperidine rings is 1. The van der Waals surface area contributed by atoms with Crippen LogP contribution in [0, 0.1) is 0 Å². The van der Waals surface area contributed by atoms with E-state index in [9.17, 15) is 9.59 Å². The Hall–Kier alpha value is -3.98. The number of hydrogen-bond donors (Lipinski definition) is 1. The fourth-order valence-electron chi connectivity index (χ4n) is 4.51. The van der Waals surface area contributed by atoms with Crippen molar-refractivity contribution in [1.82, 2.24) is 24.6 Å². The Morgan fingerprint density at radius 2 is 1.81 bits per heavy atom. The molecule has 1 saturated heterocycles. The predicted molar refractivity (Wildman–Crippen MR) is 144 cm³/mol. The van der Waals surface area contributed by atoms with Crippen LogP contribution in [0.3, 0.4) is 0 Å². The Morgan fingerprint density at radius 1 is 1.00 bits per heavy atom. The molecule has 8 nitrogen and oxygen atoms in total. The van der Waals surface area contributed by atoms with Crippen LogP contribution >= 0.6 is 11.8 Å². The van der Waals surface area contributed by atoms with Crippen LogP contribution in [0.4, 0.5) is 5.69 Å². The minimum atomic E-state index is -0.205. The fourth-order valence-corrected chi connectivity index (χ4v) is 5.28. The van der Waals surface area contributed by atoms with Crippen molar-refractivity contribution in [3.8, 4) is 5.82 Å². The Kier molecular flexibility index (Phi) is 7.60. The number of anilines is 1. The number of thioether (sulfide) groups is 1. The van der Waals surface area contributed by atoms with Crippen LogP contribution in [0.2, 0.25) is 0 Å². The number of carbonyl (C=O) groups is 2. The molecule has 0 spiro atoms. The number of benzene rings is 1. The summed E-state index contributed by atoms with van der Waals surface area (Å²) in [6, 6.07) is 17.2. The molecule has 37 heavy (non-hydrogen) atoms. The third-order valence-electron chi connectivity index (χ3n) is 6.44. The molecule has 1 N–H and O–H groups in total. The summed E-state index contributed by atoms with van der Waals surface area (Å²) in [4.78, 5) is 37.2. The van der Waals surface area contributed by atoms with E-state index in [-0.39, 0.29) is 11.8 Å². The van der Waals surface area contributed by atoms with E-state index in [0.717, 1.165) is 29.2 Å². The number of likely N-dealkylation sites (tertiary alicyclic amines) is 1. The molecular formula is C28H28N6O2S. The van der Waals surface area contributed by atoms with Crippen LogP contribution in [-0.4, -0.2) is 55.3 Å². The summed E-state index contributed by atoms with van der Waals surface area (Å²) in [7, 11) is 0. The maximum atomic E-state index is 13.0. The lowest BCUT2D eigenvalue weighted by Gasteiger charge is -2.32. The van der Waals surface area contributed by atoms with Gasteiger partial charge in [0.1, 0.15) is 5.69 Å². The number of nitrogens with zero attached hydrogens (tertiary/aromatic N) is 5. The number of pyridine rings is 2. The van der Waals surface area contributed by atoms with Crippen molar-refractivity contribution in [1.29, 1.82) is 0 Å². The normalized spacial score (nSPS) is 13.9. The topological polar surface area (TPSA) is 93.0 Å². The van der Waals surface area contributed by atoms with E-state index in [1.165, 1.54) is 5.56 Å². The monoisotopic (exact) mass is 512 g/mol. The Morgan fingerprint density at radius 3 is 2.49 bits per heavy atom. The Balaban J connectivity index is 1.16. The second kappa shape index (κ2) is 11.4. The maximum Gasteiger partial charge on any atom is 0.275 e. The van der Waals surface area contributed by atoms with Crippen molar-refractivity contribution in [2.24, 2.45) is 0 Å². The first-order valence-electron chi connectivity index (χ1n) is 12.4. The molecule has 9 heteroatoms. The number of rotatable bonds is 7. The third kappa shape index (κ3) is 5.72. The average Bonchev–Trinajstić information content (AvgIpc) is 3.49. The Bertz CT molecular complexity index is 1350. The van der Waals surface area contributed by atoms with Crippen molar-refractivity contribution < 1.29 is 9.59 Å². The van der Waals surface area contributed by atoms with Gasteiger partial charge in [0.25, 0.3) is 11.8 Å². The van der Waals surface area contributed by atoms with E-state index in [0.29, 0.717) is 36.1 Å². The van der Waals surface area contributed by atoms with Gasteiger partial charge in [0, 0.05) is 48.5 Å². The molecule has 5 rings (SSSR count). The van der Waals surface area contributed by atoms with E-state index in [1.54, 1.807) is 41.1 Å². The van der Waals surface area contributed by atoms with Crippen molar-refractivity contribution in [3.63, 3.8) is 0 Å². The van der Waals surface area contributed by atoms with Crippen LogP contribution < -0.4 is 5.32 Å². The van der Waals surface area contributed by atoms with Crippen LogP contribution in [0.25, 0.3) is 5.82 Å². The third-order valence-corrected chi connectivity index (χ3v) is 7.37. The van der Waals surface area contributed by atoms with Crippen molar-refractivity contribution in [3.05, 3.63) is 96.2 Å². The predicted octanol–water partition coefficient (Wildman–Crippen LogP) is 5.05. The molecule has 0 saturated carbocycles. The lowest BCUT2D eigenvalue weighted by molar-refractivity contribution is 0.0712. The van der Waals surface area contributed by atoms with E-state index in [1.807, 2.05) is 47.5 Å². The Labute approximate surface area is 220 Å². The molecule has 0 unspecified atom stereocenters. The second-order valence-corrected chi connectivity index (χ2v) is 10.1. The van der Waals surface area contributed by atoms with E-state index >= 15 is 0 Å². The van der Waals surface area contributed by atoms with E-state index in [4.69, 9.17) is 0 Å². The molecule has 0 radical (unpaired) electrons. The lowest BCUT2D eigenvalue weighted by Crippen LogP contribution is -2.38. The van der Waals surface area contributed by atoms with Gasteiger partial charge in [-0.2, -0.15) is 5.10 Å². The first kappa shape index (κ1) is 24.7. The highest BCUT2D eigenvalue weighted by Gasteiger charge is 2.25. The molecule has 1 aliphatic heterocycles. The number of aromatic nitrogens is 4. The zero-order chi connectivity index (χ0) is 25.6. The summed E-state index contributed by atoms with van der Waals surface area (Å²) in [5, 5.41) is 7.13. The quantitative estimate of drug-likeness (QED) is 0.349. The lowest BCUT2D eigenvalue weighted by atomic mass is 9.89. The van der Waals surface area contributed by atoms with Gasteiger partial charge in [-0.25, -0.2) is 14.6 Å². The number of amides is 2. The maximum absolute atomic E-state index is 13.0. The van der Waals surface area contributed by atoms with Gasteiger partial charge in [0.2, 0.25) is 0 Å². The summed E-state index contributed by atoms with van der Waals surface area (Å²) in [5.74, 6) is 1.73. The van der Waals surface area contributed by atoms with Gasteiger partial charge in [0.05, 0.1) is 5.56 Å². The number of hydrogen-bond acceptors (Lipinski definition) is 6. The van der Waals surface area contributed by atoms with Gasteiger partial charge in [-0.05, 0) is 72.5 Å². The van der Waals surface area contributed by atoms with Gasteiger partial charge in [-0.3, -0.25) is 9.59 Å². The molecule has 1 aliphatic rings. The van der Waals surface area contributed by atoms with Gasteiger partial charge < -0.3 is 10.2 Å². The second-order valence-electron chi connectivity index (χ2n) is 8.78. The average molecular weight is 513 g/mol. The first-order chi connectivity index (χ1) is 18.1. The van der Waals surface area contributed by atoms with Crippen molar-refractivity contribution >= 4 is 29.3 Å². The molecule has 0 atom stereocenters. The minimum absolute atomic E-state index is 0.00570. The number of carbonyl (C=O) groups excluding carboxylic acids is 2. The number of nitrogens with one attached hydrogen (secondary N) is 1. The molecule has 0 bridgehead atoms. The molecule has 1 fully saturated rings. The largest absolute Gasteiger partial charge is 0.339 e. The molecule has 188 valence electrons. The summed E-state index contributed by atoms with van der Waals surface area (Å²) in [6.45, 7) is 3.44. The van der Waals surface area contributed by atoms with Crippen LogP contribution in [0.1, 0.15) is 52.1 Å². The first-order valence-corrected chi connectivity index (χ1v) is 13.4. The molecule has 4 aromatic rings. The fraction of sp³-hybridized carbons (Fsp3) is 0.250. The highest BCUT2D eigenvalue weighted by Crippen LogP contribution is 2.30. The van der Waals surface area contributed by atoms with Crippen LogP contribution in [0.15, 0.2) is 84.3 Å². The van der Waals surface area contributed by atoms with E-state index < -0.39 is 0 Å². The minimum Gasteiger partial charge on any atom is -0.339 e. The summed E-state index contributed by atoms with van der Waals surface area (Å²) in [6.07, 6.45) is 8.55. The zero-order valence-corrected chi connectivity index (χ0v) is 21.4. The van der Waals surface area contributed by atoms with Crippen molar-refractivity contribution in [2.75, 3.05) is 24.2 Å². The standard InChI is InChI=1S/C28H28N6O2S/c1-2-37-24-5-3-14-29-26(24)27(35)32-23-9-6-20(7-10-23)21-12-17-33(18-13-21)28(36)22-8-11-25(30-19-22)34-16-4-15-31-34/h3-11,14-16,19,21H,2,12-13,17-18H2,1H3,(H,32,35). The van der Waals surface area contributed by atoms with Crippen LogP contribution in [-0.2, 0) is 0 Å². The smallest absolute Gasteiger partial charge is 0.275 e. The van der Waals surface area contributed by atoms with Crippen molar-refractivity contribution in [2.45, 2.75) is 30.6 Å². The molecule has 2 amide bonds. The molecule has 4 heterocycles. The summed E-state index contributed by atoms with van der Waals surface area (Å²) in [5.41, 5.74) is 2.99. The molecule has 1 aromatic carbocycles. The summed E-state index contributed by atoms with van der Waals surface area (Å²) < 4.78 is 1.66. The van der Waals surface area contributed by atoms with Crippen LogP contribution in [0.5, 0.6) is 0 Å². The summed E-state index contributed by atoms with van der Waals surface area (Å²) >= 11 is 1.60. The van der Waals surface area contributed by atoms with Gasteiger partial charge in [0.15, 0.2) is 5.82 Å². The molecular weight excluding hydrogens is 484 g/mol. The van der Waals surface area contributed by atoms with Gasteiger partial charge in [-0.15, -0.1) is 11.8 Å². The van der Waals surface area contributed by atoms with Gasteiger partial charge in [-0.1, -0.05) is 19.1 Å². The van der Waals surface area contributed by atoms with Gasteiger partial charge >= 0.3 is 0 Å². The zero-order valence-electron chi connectivity index (χ0n) is 20.6. The highest BCUT2D eigenvalue weighted by atomic mass is 32.2. The SMILES string of the molecule is CCSc1cccnc1C(=O)Nc1ccc(C2CCN(C(=O)c3ccc(-n4cccn4)nc3)CC2)cc1.